The number of aliphatic hydroxyl groups is 2. The number of carbonyl (C=O) groups is 2. The molecule has 0 saturated heterocycles. The van der Waals surface area contributed by atoms with Crippen LogP contribution in [0.15, 0.2) is 48.5 Å². The van der Waals surface area contributed by atoms with Gasteiger partial charge in [0, 0.05) is 13.1 Å². The van der Waals surface area contributed by atoms with Gasteiger partial charge in [-0.25, -0.2) is 0 Å². The van der Waals surface area contributed by atoms with Gasteiger partial charge in [-0.1, -0.05) is 132 Å². The van der Waals surface area contributed by atoms with E-state index in [0.717, 1.165) is 22.3 Å². The Hall–Kier alpha value is -2.70. The number of hydrogen-bond acceptors (Lipinski definition) is 4. The summed E-state index contributed by atoms with van der Waals surface area (Å²) in [5.41, 5.74) is -0.365. The Balaban J connectivity index is 2.01. The first-order chi connectivity index (χ1) is 19.4. The molecule has 240 valence electrons. The molecule has 0 radical (unpaired) electrons. The molecule has 6 nitrogen and oxygen atoms in total. The van der Waals surface area contributed by atoms with E-state index in [0.29, 0.717) is 19.5 Å². The maximum Gasteiger partial charge on any atom is 0.223 e. The molecule has 2 aromatic rings. The monoisotopic (exact) mass is 594 g/mol. The van der Waals surface area contributed by atoms with Gasteiger partial charge in [-0.2, -0.15) is 0 Å². The van der Waals surface area contributed by atoms with E-state index >= 15 is 0 Å². The molecule has 2 atom stereocenters. The molecule has 0 fully saturated rings. The van der Waals surface area contributed by atoms with Crippen molar-refractivity contribution in [2.75, 3.05) is 13.1 Å². The van der Waals surface area contributed by atoms with E-state index in [-0.39, 0.29) is 35.5 Å². The van der Waals surface area contributed by atoms with Crippen molar-refractivity contribution in [3.05, 3.63) is 70.8 Å². The number of rotatable bonds is 10. The van der Waals surface area contributed by atoms with Gasteiger partial charge in [0.05, 0.1) is 12.8 Å². The lowest BCUT2D eigenvalue weighted by molar-refractivity contribution is -0.134. The quantitative estimate of drug-likeness (QED) is 0.226. The van der Waals surface area contributed by atoms with Gasteiger partial charge in [-0.05, 0) is 50.3 Å². The van der Waals surface area contributed by atoms with Crippen molar-refractivity contribution in [2.45, 2.75) is 124 Å². The Morgan fingerprint density at radius 2 is 0.860 bits per heavy atom. The summed E-state index contributed by atoms with van der Waals surface area (Å²) in [6, 6.07) is 15.8. The van der Waals surface area contributed by atoms with Crippen LogP contribution in [-0.2, 0) is 31.6 Å². The number of hydrogen-bond donors (Lipinski definition) is 4. The van der Waals surface area contributed by atoms with E-state index < -0.39 is 22.0 Å². The second kappa shape index (κ2) is 13.1. The Kier molecular flexibility index (Phi) is 11.1. The molecule has 0 aliphatic carbocycles. The van der Waals surface area contributed by atoms with Gasteiger partial charge < -0.3 is 20.8 Å². The molecule has 43 heavy (non-hydrogen) atoms. The van der Waals surface area contributed by atoms with Gasteiger partial charge in [0.2, 0.25) is 11.8 Å². The largest absolute Gasteiger partial charge is 0.384 e. The van der Waals surface area contributed by atoms with Gasteiger partial charge in [0.15, 0.2) is 0 Å². The molecule has 2 aromatic carbocycles. The van der Waals surface area contributed by atoms with Crippen LogP contribution in [0.25, 0.3) is 0 Å². The topological polar surface area (TPSA) is 98.7 Å². The highest BCUT2D eigenvalue weighted by molar-refractivity contribution is 5.78. The number of carbonyl (C=O) groups excluding carboxylic acids is 2. The summed E-state index contributed by atoms with van der Waals surface area (Å²) < 4.78 is 0. The molecular formula is C37H58N2O4. The Bertz CT molecular complexity index is 1160. The minimum absolute atomic E-state index is 0.0668. The van der Waals surface area contributed by atoms with Crippen molar-refractivity contribution in [3.8, 4) is 0 Å². The molecule has 2 unspecified atom stereocenters. The van der Waals surface area contributed by atoms with E-state index in [1.165, 1.54) is 0 Å². The van der Waals surface area contributed by atoms with Crippen LogP contribution in [0.1, 0.15) is 125 Å². The third-order valence-corrected chi connectivity index (χ3v) is 8.72. The summed E-state index contributed by atoms with van der Waals surface area (Å²) >= 11 is 0. The fraction of sp³-hybridized carbons (Fsp3) is 0.622. The molecule has 0 aromatic heterocycles. The predicted molar refractivity (Wildman–Crippen MR) is 177 cm³/mol. The van der Waals surface area contributed by atoms with Crippen LogP contribution >= 0.6 is 0 Å². The van der Waals surface area contributed by atoms with Gasteiger partial charge in [0.1, 0.15) is 11.2 Å². The average Bonchev–Trinajstić information content (AvgIpc) is 2.86. The fourth-order valence-corrected chi connectivity index (χ4v) is 5.22. The zero-order chi connectivity index (χ0) is 33.1. The van der Waals surface area contributed by atoms with E-state index in [1.54, 1.807) is 0 Å². The second-order valence-corrected chi connectivity index (χ2v) is 16.3. The molecule has 0 spiro atoms. The molecule has 0 bridgehead atoms. The highest BCUT2D eigenvalue weighted by atomic mass is 16.3. The molecule has 0 aliphatic rings. The lowest BCUT2D eigenvalue weighted by Crippen LogP contribution is -2.45. The first-order valence-electron chi connectivity index (χ1n) is 15.6. The van der Waals surface area contributed by atoms with Gasteiger partial charge in [-0.15, -0.1) is 0 Å². The summed E-state index contributed by atoms with van der Waals surface area (Å²) in [5.74, 6) is -0.489. The van der Waals surface area contributed by atoms with Gasteiger partial charge in [0.25, 0.3) is 0 Å². The van der Waals surface area contributed by atoms with Gasteiger partial charge in [-0.3, -0.25) is 9.59 Å². The molecule has 6 heteroatoms. The Morgan fingerprint density at radius 1 is 0.558 bits per heavy atom. The van der Waals surface area contributed by atoms with E-state index in [4.69, 9.17) is 0 Å². The first-order valence-corrected chi connectivity index (χ1v) is 15.6. The predicted octanol–water partition coefficient (Wildman–Crippen LogP) is 6.85. The third-order valence-electron chi connectivity index (χ3n) is 8.72. The van der Waals surface area contributed by atoms with E-state index in [1.807, 2.05) is 90.1 Å². The van der Waals surface area contributed by atoms with Crippen molar-refractivity contribution in [1.82, 2.24) is 10.6 Å². The average molecular weight is 595 g/mol. The lowest BCUT2D eigenvalue weighted by atomic mass is 9.69. The molecule has 0 heterocycles. The maximum atomic E-state index is 13.0. The Labute approximate surface area is 261 Å². The minimum atomic E-state index is -1.35. The Morgan fingerprint density at radius 3 is 1.14 bits per heavy atom. The van der Waals surface area contributed by atoms with E-state index in [2.05, 4.69) is 52.2 Å². The van der Waals surface area contributed by atoms with Crippen LogP contribution in [0, 0.1) is 10.8 Å². The molecule has 0 aliphatic heterocycles. The van der Waals surface area contributed by atoms with Crippen LogP contribution < -0.4 is 10.6 Å². The molecule has 4 N–H and O–H groups in total. The van der Waals surface area contributed by atoms with Crippen LogP contribution in [0.4, 0.5) is 0 Å². The summed E-state index contributed by atoms with van der Waals surface area (Å²) in [6.07, 6.45) is 0.393. The second-order valence-electron chi connectivity index (χ2n) is 16.3. The van der Waals surface area contributed by atoms with E-state index in [9.17, 15) is 19.8 Å². The summed E-state index contributed by atoms with van der Waals surface area (Å²) in [4.78, 5) is 26.0. The van der Waals surface area contributed by atoms with Crippen LogP contribution in [0.3, 0.4) is 0 Å². The minimum Gasteiger partial charge on any atom is -0.384 e. The number of amides is 2. The van der Waals surface area contributed by atoms with Gasteiger partial charge >= 0.3 is 0 Å². The smallest absolute Gasteiger partial charge is 0.223 e. The van der Waals surface area contributed by atoms with Crippen molar-refractivity contribution < 1.29 is 19.8 Å². The van der Waals surface area contributed by atoms with Crippen molar-refractivity contribution in [3.63, 3.8) is 0 Å². The summed E-state index contributed by atoms with van der Waals surface area (Å²) in [6.45, 7) is 25.1. The zero-order valence-corrected chi connectivity index (χ0v) is 28.9. The van der Waals surface area contributed by atoms with Crippen molar-refractivity contribution in [2.24, 2.45) is 10.8 Å². The zero-order valence-electron chi connectivity index (χ0n) is 28.9. The maximum absolute atomic E-state index is 13.0. The molecular weight excluding hydrogens is 536 g/mol. The van der Waals surface area contributed by atoms with Crippen LogP contribution in [0.2, 0.25) is 0 Å². The number of benzene rings is 2. The van der Waals surface area contributed by atoms with Crippen LogP contribution in [-0.4, -0.2) is 35.1 Å². The molecule has 0 saturated carbocycles. The highest BCUT2D eigenvalue weighted by Crippen LogP contribution is 2.44. The third kappa shape index (κ3) is 9.15. The molecule has 2 amide bonds. The normalized spacial score (nSPS) is 15.8. The van der Waals surface area contributed by atoms with Crippen molar-refractivity contribution in [1.29, 1.82) is 0 Å². The summed E-state index contributed by atoms with van der Waals surface area (Å²) in [5, 5.41) is 29.5. The summed E-state index contributed by atoms with van der Waals surface area (Å²) in [7, 11) is 0. The number of nitrogens with one attached hydrogen (secondary N) is 2. The van der Waals surface area contributed by atoms with Crippen LogP contribution in [0.5, 0.6) is 0 Å². The highest BCUT2D eigenvalue weighted by Gasteiger charge is 2.45. The first kappa shape index (κ1) is 36.5. The van der Waals surface area contributed by atoms with Crippen molar-refractivity contribution >= 4 is 11.8 Å². The fourth-order valence-electron chi connectivity index (χ4n) is 5.22. The molecule has 2 rings (SSSR count). The standard InChI is InChI=1S/C37H58N2O4/c1-32(2,3)26-16-13-18-28(22-26)36(42,34(7,8)9)24-30(40)38-20-15-21-39-31(41)25-37(43,35(10,11)12)29-19-14-17-27(23-29)33(4,5)6/h13-14,16-19,22-23,42-43H,15,20-21,24-25H2,1-12H3,(H,38,40)(H,39,41). The SMILES string of the molecule is CC(C)(C)c1cccc(C(O)(CC(=O)NCCCNC(=O)CC(O)(c2cccc(C(C)(C)C)c2)C(C)(C)C)C(C)(C)C)c1. The lowest BCUT2D eigenvalue weighted by Gasteiger charge is -2.41.